The fourth-order valence-corrected chi connectivity index (χ4v) is 3.39. The molecule has 1 N–H and O–H groups in total. The zero-order valence-corrected chi connectivity index (χ0v) is 16.9. The van der Waals surface area contributed by atoms with Crippen LogP contribution < -0.4 is 10.1 Å². The number of likely N-dealkylation sites (tertiary alicyclic amines) is 1. The van der Waals surface area contributed by atoms with E-state index in [0.29, 0.717) is 24.0 Å². The highest BCUT2D eigenvalue weighted by Gasteiger charge is 2.28. The van der Waals surface area contributed by atoms with Gasteiger partial charge >= 0.3 is 0 Å². The summed E-state index contributed by atoms with van der Waals surface area (Å²) in [5, 5.41) is 7.78. The predicted octanol–water partition coefficient (Wildman–Crippen LogP) is 3.15. The molecule has 1 aromatic heterocycles. The molecule has 0 bridgehead atoms. The van der Waals surface area contributed by atoms with Gasteiger partial charge in [0, 0.05) is 13.1 Å². The standard InChI is InChI=1S/C20H28N4O2.ClH/c1-3-12-26-18-15-24(17-9-5-4-6-10-17)22-19(18)20(25)23-11-7-8-16(14-23)13-21-2;/h4-6,9-10,15-16,21H,3,7-8,11-14H2,1-2H3;1H. The van der Waals surface area contributed by atoms with Gasteiger partial charge in [0.05, 0.1) is 18.5 Å². The van der Waals surface area contributed by atoms with Gasteiger partial charge in [0.25, 0.3) is 5.91 Å². The van der Waals surface area contributed by atoms with Crippen LogP contribution in [0.25, 0.3) is 5.69 Å². The molecule has 1 saturated heterocycles. The first-order chi connectivity index (χ1) is 12.7. The summed E-state index contributed by atoms with van der Waals surface area (Å²) < 4.78 is 7.56. The van der Waals surface area contributed by atoms with Crippen molar-refractivity contribution in [3.63, 3.8) is 0 Å². The van der Waals surface area contributed by atoms with E-state index >= 15 is 0 Å². The van der Waals surface area contributed by atoms with Crippen LogP contribution in [-0.2, 0) is 0 Å². The maximum atomic E-state index is 13.1. The van der Waals surface area contributed by atoms with Crippen molar-refractivity contribution < 1.29 is 9.53 Å². The molecule has 1 aliphatic heterocycles. The molecule has 1 aromatic carbocycles. The number of carbonyl (C=O) groups excluding carboxylic acids is 1. The van der Waals surface area contributed by atoms with Crippen molar-refractivity contribution in [1.82, 2.24) is 20.0 Å². The number of aromatic nitrogens is 2. The van der Waals surface area contributed by atoms with Crippen LogP contribution in [0.4, 0.5) is 0 Å². The van der Waals surface area contributed by atoms with Gasteiger partial charge in [-0.25, -0.2) is 4.68 Å². The SMILES string of the molecule is CCCOc1cn(-c2ccccc2)nc1C(=O)N1CCCC(CNC)C1.Cl. The Morgan fingerprint density at radius 3 is 2.81 bits per heavy atom. The molecule has 1 fully saturated rings. The van der Waals surface area contributed by atoms with Crippen molar-refractivity contribution in [2.75, 3.05) is 33.3 Å². The van der Waals surface area contributed by atoms with Gasteiger partial charge in [-0.1, -0.05) is 25.1 Å². The average molecular weight is 393 g/mol. The monoisotopic (exact) mass is 392 g/mol. The van der Waals surface area contributed by atoms with Crippen molar-refractivity contribution in [2.45, 2.75) is 26.2 Å². The van der Waals surface area contributed by atoms with Crippen molar-refractivity contribution >= 4 is 18.3 Å². The summed E-state index contributed by atoms with van der Waals surface area (Å²) in [6.45, 7) is 5.11. The molecule has 1 amide bonds. The Labute approximate surface area is 167 Å². The first-order valence-corrected chi connectivity index (χ1v) is 9.44. The largest absolute Gasteiger partial charge is 0.489 e. The Hall–Kier alpha value is -2.05. The topological polar surface area (TPSA) is 59.4 Å². The fraction of sp³-hybridized carbons (Fsp3) is 0.500. The summed E-state index contributed by atoms with van der Waals surface area (Å²) in [5.74, 6) is 1.02. The number of hydrogen-bond acceptors (Lipinski definition) is 4. The fourth-order valence-electron chi connectivity index (χ4n) is 3.39. The Kier molecular flexibility index (Phi) is 8.13. The van der Waals surface area contributed by atoms with E-state index in [4.69, 9.17) is 4.74 Å². The van der Waals surface area contributed by atoms with Crippen LogP contribution in [0.1, 0.15) is 36.7 Å². The average Bonchev–Trinajstić information content (AvgIpc) is 3.11. The molecule has 3 rings (SSSR count). The number of nitrogens with zero attached hydrogens (tertiary/aromatic N) is 3. The van der Waals surface area contributed by atoms with E-state index in [-0.39, 0.29) is 18.3 Å². The van der Waals surface area contributed by atoms with E-state index in [1.54, 1.807) is 4.68 Å². The Morgan fingerprint density at radius 2 is 2.11 bits per heavy atom. The third kappa shape index (κ3) is 5.23. The van der Waals surface area contributed by atoms with Gasteiger partial charge in [-0.05, 0) is 50.9 Å². The molecule has 6 nitrogen and oxygen atoms in total. The number of para-hydroxylation sites is 1. The summed E-state index contributed by atoms with van der Waals surface area (Å²) in [6, 6.07) is 9.81. The Morgan fingerprint density at radius 1 is 1.33 bits per heavy atom. The molecule has 0 spiro atoms. The number of carbonyl (C=O) groups is 1. The molecule has 0 aliphatic carbocycles. The maximum Gasteiger partial charge on any atom is 0.278 e. The molecule has 148 valence electrons. The molecule has 2 aromatic rings. The molecule has 1 aliphatic rings. The minimum atomic E-state index is -0.0356. The number of rotatable bonds is 7. The molecular weight excluding hydrogens is 364 g/mol. The summed E-state index contributed by atoms with van der Waals surface area (Å²) in [6.07, 6.45) is 4.89. The third-order valence-electron chi connectivity index (χ3n) is 4.66. The highest BCUT2D eigenvalue weighted by atomic mass is 35.5. The van der Waals surface area contributed by atoms with Crippen molar-refractivity contribution in [2.24, 2.45) is 5.92 Å². The van der Waals surface area contributed by atoms with Crippen LogP contribution in [0.2, 0.25) is 0 Å². The highest BCUT2D eigenvalue weighted by molar-refractivity contribution is 5.95. The molecule has 27 heavy (non-hydrogen) atoms. The minimum Gasteiger partial charge on any atom is -0.489 e. The second-order valence-corrected chi connectivity index (χ2v) is 6.79. The van der Waals surface area contributed by atoms with Crippen LogP contribution in [0.3, 0.4) is 0 Å². The first-order valence-electron chi connectivity index (χ1n) is 9.44. The third-order valence-corrected chi connectivity index (χ3v) is 4.66. The quantitative estimate of drug-likeness (QED) is 0.786. The van der Waals surface area contributed by atoms with Crippen LogP contribution in [0, 0.1) is 5.92 Å². The molecule has 1 atom stereocenters. The summed E-state index contributed by atoms with van der Waals surface area (Å²) in [7, 11) is 1.96. The highest BCUT2D eigenvalue weighted by Crippen LogP contribution is 2.24. The predicted molar refractivity (Wildman–Crippen MR) is 109 cm³/mol. The van der Waals surface area contributed by atoms with E-state index < -0.39 is 0 Å². The lowest BCUT2D eigenvalue weighted by Crippen LogP contribution is -2.42. The van der Waals surface area contributed by atoms with Crippen LogP contribution >= 0.6 is 12.4 Å². The summed E-state index contributed by atoms with van der Waals surface area (Å²) >= 11 is 0. The van der Waals surface area contributed by atoms with Gasteiger partial charge < -0.3 is 15.0 Å². The number of amides is 1. The summed E-state index contributed by atoms with van der Waals surface area (Å²) in [4.78, 5) is 15.0. The first kappa shape index (κ1) is 21.3. The lowest BCUT2D eigenvalue weighted by Gasteiger charge is -2.32. The zero-order chi connectivity index (χ0) is 18.4. The number of hydrogen-bond donors (Lipinski definition) is 1. The van der Waals surface area contributed by atoms with Gasteiger partial charge in [0.15, 0.2) is 11.4 Å². The molecular formula is C20H29ClN4O2. The molecule has 2 heterocycles. The van der Waals surface area contributed by atoms with Gasteiger partial charge in [-0.3, -0.25) is 4.79 Å². The lowest BCUT2D eigenvalue weighted by atomic mass is 9.98. The maximum absolute atomic E-state index is 13.1. The van der Waals surface area contributed by atoms with Crippen molar-refractivity contribution in [1.29, 1.82) is 0 Å². The van der Waals surface area contributed by atoms with Gasteiger partial charge in [-0.2, -0.15) is 5.10 Å². The minimum absolute atomic E-state index is 0. The number of nitrogens with one attached hydrogen (secondary N) is 1. The summed E-state index contributed by atoms with van der Waals surface area (Å²) in [5.41, 5.74) is 1.33. The molecule has 1 unspecified atom stereocenters. The number of ether oxygens (including phenoxy) is 1. The van der Waals surface area contributed by atoms with E-state index in [2.05, 4.69) is 17.3 Å². The number of piperidine rings is 1. The second kappa shape index (κ2) is 10.3. The Bertz CT molecular complexity index is 718. The van der Waals surface area contributed by atoms with E-state index in [1.165, 1.54) is 0 Å². The molecule has 0 saturated carbocycles. The van der Waals surface area contributed by atoms with Crippen LogP contribution in [0.5, 0.6) is 5.75 Å². The Balaban J connectivity index is 0.00000261. The van der Waals surface area contributed by atoms with E-state index in [9.17, 15) is 4.79 Å². The second-order valence-electron chi connectivity index (χ2n) is 6.79. The van der Waals surface area contributed by atoms with Crippen molar-refractivity contribution in [3.05, 3.63) is 42.2 Å². The van der Waals surface area contributed by atoms with Crippen LogP contribution in [-0.4, -0.2) is 53.9 Å². The van der Waals surface area contributed by atoms with Gasteiger partial charge in [0.1, 0.15) is 0 Å². The number of halogens is 1. The zero-order valence-electron chi connectivity index (χ0n) is 16.1. The molecule has 0 radical (unpaired) electrons. The smallest absolute Gasteiger partial charge is 0.278 e. The lowest BCUT2D eigenvalue weighted by molar-refractivity contribution is 0.0663. The van der Waals surface area contributed by atoms with Gasteiger partial charge in [0.2, 0.25) is 0 Å². The van der Waals surface area contributed by atoms with E-state index in [1.807, 2.05) is 48.5 Å². The number of benzene rings is 1. The van der Waals surface area contributed by atoms with Crippen LogP contribution in [0.15, 0.2) is 36.5 Å². The normalized spacial score (nSPS) is 16.7. The van der Waals surface area contributed by atoms with Crippen molar-refractivity contribution in [3.8, 4) is 11.4 Å². The van der Waals surface area contributed by atoms with Gasteiger partial charge in [-0.15, -0.1) is 12.4 Å². The molecule has 7 heteroatoms. The van der Waals surface area contributed by atoms with E-state index in [0.717, 1.165) is 44.6 Å².